The molecule has 0 heterocycles. The largest absolute Gasteiger partial charge is 0.508 e. The Bertz CT molecular complexity index is 968. The molecular weight excluding hydrogens is 735 g/mol. The Hall–Kier alpha value is -2.43. The zero-order valence-corrected chi connectivity index (χ0v) is 38.1. The van der Waals surface area contributed by atoms with E-state index in [-0.39, 0.29) is 38.8 Å². The van der Waals surface area contributed by atoms with E-state index in [0.29, 0.717) is 32.5 Å². The summed E-state index contributed by atoms with van der Waals surface area (Å²) in [5, 5.41) is 0. The Morgan fingerprint density at radius 1 is 0.483 bits per heavy atom. The maximum Gasteiger partial charge on any atom is 0.508 e. The molecule has 0 spiro atoms. The second kappa shape index (κ2) is 44.1. The van der Waals surface area contributed by atoms with E-state index in [2.05, 4.69) is 45.1 Å². The fourth-order valence-electron chi connectivity index (χ4n) is 6.20. The zero-order chi connectivity index (χ0) is 42.6. The molecule has 0 aromatic heterocycles. The topological polar surface area (TPSA) is 110 Å². The van der Waals surface area contributed by atoms with Crippen LogP contribution < -0.4 is 0 Å². The predicted octanol–water partition coefficient (Wildman–Crippen LogP) is 12.5. The van der Waals surface area contributed by atoms with Crippen LogP contribution in [0, 0.1) is 5.92 Å². The van der Waals surface area contributed by atoms with Gasteiger partial charge in [0.05, 0.1) is 18.9 Å². The number of hydrogen-bond donors (Lipinski definition) is 0. The number of esters is 2. The van der Waals surface area contributed by atoms with Gasteiger partial charge in [-0.1, -0.05) is 141 Å². The van der Waals surface area contributed by atoms with E-state index >= 15 is 0 Å². The zero-order valence-electron chi connectivity index (χ0n) is 38.1. The van der Waals surface area contributed by atoms with Crippen molar-refractivity contribution >= 4 is 18.1 Å². The highest BCUT2D eigenvalue weighted by Crippen LogP contribution is 2.14. The number of rotatable bonds is 43. The third-order valence-corrected chi connectivity index (χ3v) is 9.89. The Morgan fingerprint density at radius 3 is 1.52 bits per heavy atom. The molecule has 0 aromatic rings. The summed E-state index contributed by atoms with van der Waals surface area (Å²) < 4.78 is 33.8. The average molecular weight is 824 g/mol. The number of carbonyl (C=O) groups excluding carboxylic acids is 3. The van der Waals surface area contributed by atoms with Crippen molar-refractivity contribution in [3.8, 4) is 0 Å². The number of allylic oxidation sites excluding steroid dienone is 4. The summed E-state index contributed by atoms with van der Waals surface area (Å²) >= 11 is 0. The standard InChI is InChI=1S/C48H89NO9/c1-6-9-12-15-18-19-20-21-22-23-24-25-26-27-30-34-45(50)56-41-44(43-58-48(52)55-40-33-37-49(4)5)42-57-46(51)35-36-47(53-38-31-28-16-13-10-7-2)54-39-32-29-17-14-11-8-3/h18-19,21-22,44,47H,6-17,20,23-43H2,1-5H3/b19-18-,22-21-. The lowest BCUT2D eigenvalue weighted by Crippen LogP contribution is -2.27. The smallest absolute Gasteiger partial charge is 0.465 e. The van der Waals surface area contributed by atoms with Crippen molar-refractivity contribution in [3.05, 3.63) is 24.3 Å². The highest BCUT2D eigenvalue weighted by atomic mass is 16.7. The Balaban J connectivity index is 4.76. The van der Waals surface area contributed by atoms with Crippen LogP contribution in [0.15, 0.2) is 24.3 Å². The Morgan fingerprint density at radius 2 is 0.948 bits per heavy atom. The van der Waals surface area contributed by atoms with E-state index in [1.165, 1.54) is 77.0 Å². The van der Waals surface area contributed by atoms with Crippen molar-refractivity contribution in [2.75, 3.05) is 60.3 Å². The molecule has 0 fully saturated rings. The molecule has 0 aliphatic rings. The van der Waals surface area contributed by atoms with Crippen LogP contribution in [0.2, 0.25) is 0 Å². The summed E-state index contributed by atoms with van der Waals surface area (Å²) in [6, 6.07) is 0. The van der Waals surface area contributed by atoms with Crippen molar-refractivity contribution in [2.45, 2.75) is 200 Å². The van der Waals surface area contributed by atoms with Crippen LogP contribution >= 0.6 is 0 Å². The minimum absolute atomic E-state index is 0.0222. The van der Waals surface area contributed by atoms with Crippen LogP contribution in [0.1, 0.15) is 194 Å². The molecule has 0 N–H and O–H groups in total. The molecule has 0 saturated carbocycles. The molecule has 0 aromatic carbocycles. The maximum absolute atomic E-state index is 12.9. The van der Waals surface area contributed by atoms with Gasteiger partial charge in [-0.05, 0) is 71.9 Å². The van der Waals surface area contributed by atoms with Crippen molar-refractivity contribution in [1.82, 2.24) is 4.90 Å². The van der Waals surface area contributed by atoms with Crippen LogP contribution in [0.4, 0.5) is 4.79 Å². The van der Waals surface area contributed by atoms with Gasteiger partial charge < -0.3 is 33.3 Å². The third-order valence-electron chi connectivity index (χ3n) is 9.89. The summed E-state index contributed by atoms with van der Waals surface area (Å²) in [4.78, 5) is 39.8. The molecule has 340 valence electrons. The van der Waals surface area contributed by atoms with E-state index in [1.54, 1.807) is 0 Å². The van der Waals surface area contributed by atoms with E-state index in [4.69, 9.17) is 28.4 Å². The Kier molecular flexibility index (Phi) is 42.3. The van der Waals surface area contributed by atoms with Gasteiger partial charge >= 0.3 is 18.1 Å². The second-order valence-corrected chi connectivity index (χ2v) is 16.0. The monoisotopic (exact) mass is 824 g/mol. The van der Waals surface area contributed by atoms with Crippen LogP contribution in [0.3, 0.4) is 0 Å². The first-order valence-corrected chi connectivity index (χ1v) is 23.6. The molecule has 0 amide bonds. The molecule has 58 heavy (non-hydrogen) atoms. The lowest BCUT2D eigenvalue weighted by molar-refractivity contribution is -0.161. The summed E-state index contributed by atoms with van der Waals surface area (Å²) in [6.45, 7) is 8.73. The SMILES string of the molecule is CCCCC/C=C\C/C=C\CCCCCCCC(=O)OCC(COC(=O)CCC(OCCCCCCCC)OCCCCCCCC)COC(=O)OCCCN(C)C. The maximum atomic E-state index is 12.9. The average Bonchev–Trinajstić information content (AvgIpc) is 3.21. The summed E-state index contributed by atoms with van der Waals surface area (Å²) in [6.07, 6.45) is 35.6. The molecule has 0 aliphatic heterocycles. The van der Waals surface area contributed by atoms with E-state index in [9.17, 15) is 14.4 Å². The molecule has 0 rings (SSSR count). The second-order valence-electron chi connectivity index (χ2n) is 16.0. The van der Waals surface area contributed by atoms with Gasteiger partial charge in [0.25, 0.3) is 0 Å². The van der Waals surface area contributed by atoms with Gasteiger partial charge in [0, 0.05) is 32.6 Å². The quantitative estimate of drug-likeness (QED) is 0.0194. The molecule has 0 aliphatic carbocycles. The van der Waals surface area contributed by atoms with Gasteiger partial charge in [0.1, 0.15) is 19.8 Å². The molecule has 1 unspecified atom stereocenters. The molecular formula is C48H89NO9. The Labute approximate surface area is 355 Å². The normalized spacial score (nSPS) is 12.3. The van der Waals surface area contributed by atoms with E-state index in [0.717, 1.165) is 77.2 Å². The van der Waals surface area contributed by atoms with Crippen LogP contribution in [0.5, 0.6) is 0 Å². The summed E-state index contributed by atoms with van der Waals surface area (Å²) in [7, 11) is 3.91. The third kappa shape index (κ3) is 41.7. The van der Waals surface area contributed by atoms with E-state index in [1.807, 2.05) is 19.0 Å². The predicted molar refractivity (Wildman–Crippen MR) is 237 cm³/mol. The van der Waals surface area contributed by atoms with Crippen molar-refractivity contribution < 1.29 is 42.8 Å². The van der Waals surface area contributed by atoms with Crippen LogP contribution in [-0.2, 0) is 38.0 Å². The number of hydrogen-bond acceptors (Lipinski definition) is 10. The van der Waals surface area contributed by atoms with Gasteiger partial charge in [0.2, 0.25) is 0 Å². The van der Waals surface area contributed by atoms with Crippen molar-refractivity contribution in [2.24, 2.45) is 5.92 Å². The van der Waals surface area contributed by atoms with Gasteiger partial charge in [-0.3, -0.25) is 9.59 Å². The molecule has 0 bridgehead atoms. The lowest BCUT2D eigenvalue weighted by Gasteiger charge is -2.20. The molecule has 0 radical (unpaired) electrons. The van der Waals surface area contributed by atoms with E-state index < -0.39 is 24.3 Å². The van der Waals surface area contributed by atoms with Gasteiger partial charge in [-0.2, -0.15) is 0 Å². The number of ether oxygens (including phenoxy) is 6. The molecule has 10 nitrogen and oxygen atoms in total. The number of nitrogens with zero attached hydrogens (tertiary/aromatic N) is 1. The molecule has 1 atom stereocenters. The fourth-order valence-corrected chi connectivity index (χ4v) is 6.20. The van der Waals surface area contributed by atoms with Crippen molar-refractivity contribution in [3.63, 3.8) is 0 Å². The first-order chi connectivity index (χ1) is 28.3. The van der Waals surface area contributed by atoms with Gasteiger partial charge in [-0.15, -0.1) is 0 Å². The van der Waals surface area contributed by atoms with Crippen LogP contribution in [-0.4, -0.2) is 89.6 Å². The fraction of sp³-hybridized carbons (Fsp3) is 0.854. The minimum atomic E-state index is -0.792. The molecule has 10 heteroatoms. The van der Waals surface area contributed by atoms with Crippen LogP contribution in [0.25, 0.3) is 0 Å². The van der Waals surface area contributed by atoms with Gasteiger partial charge in [-0.25, -0.2) is 4.79 Å². The summed E-state index contributed by atoms with van der Waals surface area (Å²) in [5.41, 5.74) is 0. The first-order valence-electron chi connectivity index (χ1n) is 23.6. The summed E-state index contributed by atoms with van der Waals surface area (Å²) in [5.74, 6) is -1.22. The van der Waals surface area contributed by atoms with Crippen molar-refractivity contribution in [1.29, 1.82) is 0 Å². The molecule has 0 saturated heterocycles. The minimum Gasteiger partial charge on any atom is -0.465 e. The lowest BCUT2D eigenvalue weighted by atomic mass is 10.1. The number of unbranched alkanes of at least 4 members (excludes halogenated alkanes) is 18. The van der Waals surface area contributed by atoms with Gasteiger partial charge in [0.15, 0.2) is 6.29 Å². The first kappa shape index (κ1) is 55.6. The highest BCUT2D eigenvalue weighted by molar-refractivity contribution is 5.69. The number of carbonyl (C=O) groups is 3. The highest BCUT2D eigenvalue weighted by Gasteiger charge is 2.20.